The van der Waals surface area contributed by atoms with Crippen molar-refractivity contribution in [3.63, 3.8) is 0 Å². The molecule has 1 aliphatic rings. The number of nitrogens with one attached hydrogen (secondary N) is 3. The molecule has 1 fully saturated rings. The molecule has 11 nitrogen and oxygen atoms in total. The van der Waals surface area contributed by atoms with E-state index in [9.17, 15) is 18.0 Å². The van der Waals surface area contributed by atoms with Gasteiger partial charge in [-0.25, -0.2) is 23.2 Å². The van der Waals surface area contributed by atoms with Gasteiger partial charge >= 0.3 is 6.09 Å². The fourth-order valence-electron chi connectivity index (χ4n) is 3.97. The maximum absolute atomic E-state index is 12.4. The van der Waals surface area contributed by atoms with E-state index in [0.717, 1.165) is 10.9 Å². The number of hydrogen-bond donors (Lipinski definition) is 4. The van der Waals surface area contributed by atoms with E-state index in [0.29, 0.717) is 5.69 Å². The first-order valence-corrected chi connectivity index (χ1v) is 12.9. The molecular formula is C23H28N6O5S. The van der Waals surface area contributed by atoms with Gasteiger partial charge in [0.15, 0.2) is 15.5 Å². The Labute approximate surface area is 202 Å². The summed E-state index contributed by atoms with van der Waals surface area (Å²) >= 11 is 0. The Kier molecular flexibility index (Phi) is 6.41. The molecule has 0 spiro atoms. The SMILES string of the molecule is CC(C)(C)OC(=O)N[C@H]1CCS(=O)(=O)C[C@H]1Nc1cnc(C(N)=O)c(-c2cc3ccccc3[nH]2)n1. The van der Waals surface area contributed by atoms with Gasteiger partial charge in [-0.3, -0.25) is 4.79 Å². The highest BCUT2D eigenvalue weighted by atomic mass is 32.2. The van der Waals surface area contributed by atoms with Crippen molar-refractivity contribution in [1.82, 2.24) is 20.3 Å². The number of ether oxygens (including phenoxy) is 1. The van der Waals surface area contributed by atoms with E-state index >= 15 is 0 Å². The number of carbonyl (C=O) groups excluding carboxylic acids is 2. The number of fused-ring (bicyclic) bond motifs is 1. The normalized spacial score (nSPS) is 19.7. The third-order valence-electron chi connectivity index (χ3n) is 5.49. The number of aromatic amines is 1. The second-order valence-electron chi connectivity index (χ2n) is 9.49. The molecule has 1 aromatic carbocycles. The van der Waals surface area contributed by atoms with Crippen LogP contribution in [0.2, 0.25) is 0 Å². The maximum Gasteiger partial charge on any atom is 0.407 e. The Morgan fingerprint density at radius 2 is 1.94 bits per heavy atom. The molecular weight excluding hydrogens is 472 g/mol. The van der Waals surface area contributed by atoms with E-state index < -0.39 is 39.5 Å². The molecule has 0 radical (unpaired) electrons. The summed E-state index contributed by atoms with van der Waals surface area (Å²) in [4.78, 5) is 36.3. The van der Waals surface area contributed by atoms with Crippen LogP contribution in [0.25, 0.3) is 22.3 Å². The smallest absolute Gasteiger partial charge is 0.407 e. The van der Waals surface area contributed by atoms with Gasteiger partial charge in [-0.05, 0) is 39.3 Å². The first kappa shape index (κ1) is 24.5. The van der Waals surface area contributed by atoms with Crippen LogP contribution in [-0.2, 0) is 14.6 Å². The van der Waals surface area contributed by atoms with E-state index in [1.807, 2.05) is 30.3 Å². The largest absolute Gasteiger partial charge is 0.444 e. The lowest BCUT2D eigenvalue weighted by atomic mass is 10.1. The van der Waals surface area contributed by atoms with Crippen molar-refractivity contribution in [2.24, 2.45) is 5.73 Å². The molecule has 0 unspecified atom stereocenters. The number of benzene rings is 1. The average molecular weight is 501 g/mol. The Balaban J connectivity index is 1.64. The van der Waals surface area contributed by atoms with Crippen molar-refractivity contribution in [3.05, 3.63) is 42.2 Å². The lowest BCUT2D eigenvalue weighted by molar-refractivity contribution is 0.0497. The molecule has 0 bridgehead atoms. The van der Waals surface area contributed by atoms with Gasteiger partial charge < -0.3 is 26.1 Å². The van der Waals surface area contributed by atoms with Gasteiger partial charge in [0, 0.05) is 10.9 Å². The highest BCUT2D eigenvalue weighted by molar-refractivity contribution is 7.91. The van der Waals surface area contributed by atoms with Gasteiger partial charge in [-0.2, -0.15) is 0 Å². The molecule has 4 rings (SSSR count). The maximum atomic E-state index is 12.4. The molecule has 3 heterocycles. The van der Waals surface area contributed by atoms with Gasteiger partial charge in [0.25, 0.3) is 5.91 Å². The minimum atomic E-state index is -3.34. The number of aromatic nitrogens is 3. The summed E-state index contributed by atoms with van der Waals surface area (Å²) in [6.45, 7) is 5.24. The van der Waals surface area contributed by atoms with Crippen LogP contribution in [0.3, 0.4) is 0 Å². The van der Waals surface area contributed by atoms with Crippen molar-refractivity contribution in [2.75, 3.05) is 16.8 Å². The summed E-state index contributed by atoms with van der Waals surface area (Å²) in [6.07, 6.45) is 0.890. The van der Waals surface area contributed by atoms with Crippen molar-refractivity contribution in [2.45, 2.75) is 44.9 Å². The number of hydrogen-bond acceptors (Lipinski definition) is 8. The van der Waals surface area contributed by atoms with Gasteiger partial charge in [0.1, 0.15) is 17.1 Å². The molecule has 2 aromatic heterocycles. The number of nitrogens with zero attached hydrogens (tertiary/aromatic N) is 2. The predicted octanol–water partition coefficient (Wildman–Crippen LogP) is 2.22. The summed E-state index contributed by atoms with van der Waals surface area (Å²) in [7, 11) is -3.34. The second-order valence-corrected chi connectivity index (χ2v) is 11.7. The summed E-state index contributed by atoms with van der Waals surface area (Å²) in [5.74, 6) is -0.781. The van der Waals surface area contributed by atoms with Crippen LogP contribution in [0.1, 0.15) is 37.7 Å². The van der Waals surface area contributed by atoms with Crippen molar-refractivity contribution >= 4 is 38.6 Å². The second kappa shape index (κ2) is 9.17. The number of H-pyrrole nitrogens is 1. The van der Waals surface area contributed by atoms with Crippen LogP contribution in [0.15, 0.2) is 36.5 Å². The lowest BCUT2D eigenvalue weighted by Crippen LogP contribution is -2.54. The van der Waals surface area contributed by atoms with Crippen molar-refractivity contribution < 1.29 is 22.7 Å². The highest BCUT2D eigenvalue weighted by Crippen LogP contribution is 2.26. The van der Waals surface area contributed by atoms with Gasteiger partial charge in [-0.1, -0.05) is 18.2 Å². The summed E-state index contributed by atoms with van der Waals surface area (Å²) < 4.78 is 30.0. The van der Waals surface area contributed by atoms with Crippen LogP contribution in [-0.4, -0.2) is 64.6 Å². The summed E-state index contributed by atoms with van der Waals surface area (Å²) in [5.41, 5.74) is 6.42. The summed E-state index contributed by atoms with van der Waals surface area (Å²) in [6, 6.07) is 8.18. The monoisotopic (exact) mass is 500 g/mol. The molecule has 12 heteroatoms. The molecule has 0 saturated carbocycles. The van der Waals surface area contributed by atoms with E-state index in [-0.39, 0.29) is 35.1 Å². The number of sulfone groups is 1. The van der Waals surface area contributed by atoms with Crippen LogP contribution >= 0.6 is 0 Å². The number of amides is 2. The molecule has 5 N–H and O–H groups in total. The van der Waals surface area contributed by atoms with Crippen LogP contribution in [0.5, 0.6) is 0 Å². The third kappa shape index (κ3) is 5.88. The topological polar surface area (TPSA) is 169 Å². The van der Waals surface area contributed by atoms with Crippen LogP contribution in [0.4, 0.5) is 10.6 Å². The van der Waals surface area contributed by atoms with Crippen molar-refractivity contribution in [1.29, 1.82) is 0 Å². The Morgan fingerprint density at radius 3 is 2.63 bits per heavy atom. The van der Waals surface area contributed by atoms with E-state index in [4.69, 9.17) is 10.5 Å². The third-order valence-corrected chi connectivity index (χ3v) is 7.21. The van der Waals surface area contributed by atoms with E-state index in [2.05, 4.69) is 25.6 Å². The zero-order valence-corrected chi connectivity index (χ0v) is 20.5. The summed E-state index contributed by atoms with van der Waals surface area (Å²) in [5, 5.41) is 6.75. The molecule has 1 aliphatic heterocycles. The fourth-order valence-corrected chi connectivity index (χ4v) is 5.61. The minimum Gasteiger partial charge on any atom is -0.444 e. The lowest BCUT2D eigenvalue weighted by Gasteiger charge is -2.33. The number of alkyl carbamates (subject to hydrolysis) is 1. The zero-order chi connectivity index (χ0) is 25.4. The molecule has 3 aromatic rings. The molecule has 186 valence electrons. The number of rotatable bonds is 5. The first-order chi connectivity index (χ1) is 16.4. The standard InChI is InChI=1S/C23H28N6O5S/c1-23(2,3)34-22(31)28-15-8-9-35(32,33)12-17(15)27-18-11-25-20(21(24)30)19(29-18)16-10-13-6-4-5-7-14(13)26-16/h4-7,10-11,15,17,26H,8-9,12H2,1-3H3,(H2,24,30)(H,27,29)(H,28,31)/t15-,17+/m0/s1. The van der Waals surface area contributed by atoms with Gasteiger partial charge in [0.2, 0.25) is 0 Å². The number of carbonyl (C=O) groups is 2. The fraction of sp³-hybridized carbons (Fsp3) is 0.391. The Morgan fingerprint density at radius 1 is 1.20 bits per heavy atom. The van der Waals surface area contributed by atoms with Crippen molar-refractivity contribution in [3.8, 4) is 11.4 Å². The average Bonchev–Trinajstić information content (AvgIpc) is 3.18. The molecule has 1 saturated heterocycles. The number of para-hydroxylation sites is 1. The van der Waals surface area contributed by atoms with Crippen LogP contribution in [0, 0.1) is 0 Å². The molecule has 2 atom stereocenters. The van der Waals surface area contributed by atoms with E-state index in [1.54, 1.807) is 20.8 Å². The minimum absolute atomic E-state index is 0.0261. The first-order valence-electron chi connectivity index (χ1n) is 11.1. The number of primary amides is 1. The quantitative estimate of drug-likeness (QED) is 0.413. The van der Waals surface area contributed by atoms with Gasteiger partial charge in [-0.15, -0.1) is 0 Å². The predicted molar refractivity (Wildman–Crippen MR) is 132 cm³/mol. The Hall–Kier alpha value is -3.67. The highest BCUT2D eigenvalue weighted by Gasteiger charge is 2.35. The molecule has 2 amide bonds. The zero-order valence-electron chi connectivity index (χ0n) is 19.7. The Bertz CT molecular complexity index is 1350. The van der Waals surface area contributed by atoms with Gasteiger partial charge in [0.05, 0.1) is 35.5 Å². The number of nitrogens with two attached hydrogens (primary N) is 1. The number of anilines is 1. The molecule has 0 aliphatic carbocycles. The van der Waals surface area contributed by atoms with Crippen LogP contribution < -0.4 is 16.4 Å². The molecule has 35 heavy (non-hydrogen) atoms. The van der Waals surface area contributed by atoms with E-state index in [1.165, 1.54) is 6.20 Å².